The Bertz CT molecular complexity index is 1140. The van der Waals surface area contributed by atoms with Crippen molar-refractivity contribution < 1.29 is 23.7 Å². The molecule has 0 fully saturated rings. The summed E-state index contributed by atoms with van der Waals surface area (Å²) in [7, 11) is 0. The van der Waals surface area contributed by atoms with Crippen LogP contribution in [0.2, 0.25) is 0 Å². The molecule has 2 atom stereocenters. The molecule has 0 amide bonds. The van der Waals surface area contributed by atoms with Crippen LogP contribution >= 0.6 is 0 Å². The number of ether oxygens (including phenoxy) is 4. The molecular weight excluding hydrogens is 476 g/mol. The first-order valence-electron chi connectivity index (χ1n) is 13.0. The average molecular weight is 511 g/mol. The van der Waals surface area contributed by atoms with Gasteiger partial charge in [-0.25, -0.2) is 4.79 Å². The lowest BCUT2D eigenvalue weighted by Gasteiger charge is -2.18. The molecular formula is C33H34O5. The smallest absolute Gasteiger partial charge is 0.395 e. The Morgan fingerprint density at radius 1 is 0.526 bits per heavy atom. The van der Waals surface area contributed by atoms with Gasteiger partial charge < -0.3 is 18.9 Å². The van der Waals surface area contributed by atoms with Gasteiger partial charge in [-0.1, -0.05) is 84.9 Å². The van der Waals surface area contributed by atoms with Gasteiger partial charge in [-0.2, -0.15) is 0 Å². The van der Waals surface area contributed by atoms with E-state index in [9.17, 15) is 4.79 Å². The molecule has 0 radical (unpaired) electrons. The van der Waals surface area contributed by atoms with Crippen LogP contribution in [-0.2, 0) is 9.47 Å². The van der Waals surface area contributed by atoms with Crippen molar-refractivity contribution in [1.29, 1.82) is 0 Å². The number of carbonyl (C=O) groups is 1. The largest absolute Gasteiger partial charge is 0.519 e. The molecule has 0 aromatic heterocycles. The first kappa shape index (κ1) is 27.1. The van der Waals surface area contributed by atoms with Gasteiger partial charge in [0.1, 0.15) is 11.5 Å². The van der Waals surface area contributed by atoms with Gasteiger partial charge in [0.25, 0.3) is 0 Å². The second kappa shape index (κ2) is 14.1. The lowest BCUT2D eigenvalue weighted by atomic mass is 9.92. The van der Waals surface area contributed by atoms with Crippen LogP contribution in [0.1, 0.15) is 47.9 Å². The number of rotatable bonds is 12. The van der Waals surface area contributed by atoms with E-state index in [0.717, 1.165) is 11.1 Å². The molecule has 0 heterocycles. The van der Waals surface area contributed by atoms with Crippen LogP contribution in [-0.4, -0.2) is 32.6 Å². The Morgan fingerprint density at radius 3 is 1.21 bits per heavy atom. The molecule has 2 unspecified atom stereocenters. The predicted octanol–water partition coefficient (Wildman–Crippen LogP) is 7.60. The molecule has 0 saturated carbocycles. The maximum absolute atomic E-state index is 12.5. The van der Waals surface area contributed by atoms with Crippen LogP contribution in [0.3, 0.4) is 0 Å². The summed E-state index contributed by atoms with van der Waals surface area (Å²) in [5, 5.41) is 0. The van der Waals surface area contributed by atoms with Crippen LogP contribution in [0.5, 0.6) is 11.5 Å². The lowest BCUT2D eigenvalue weighted by Crippen LogP contribution is -2.14. The van der Waals surface area contributed by atoms with Crippen molar-refractivity contribution >= 4 is 6.16 Å². The highest BCUT2D eigenvalue weighted by Gasteiger charge is 2.17. The molecule has 0 spiro atoms. The minimum Gasteiger partial charge on any atom is -0.395 e. The molecule has 0 aliphatic rings. The fraction of sp³-hybridized carbons (Fsp3) is 0.242. The van der Waals surface area contributed by atoms with E-state index in [-0.39, 0.29) is 11.8 Å². The summed E-state index contributed by atoms with van der Waals surface area (Å²) in [6.45, 7) is 6.43. The van der Waals surface area contributed by atoms with E-state index < -0.39 is 6.16 Å². The van der Waals surface area contributed by atoms with Gasteiger partial charge in [-0.15, -0.1) is 0 Å². The fourth-order valence-corrected chi connectivity index (χ4v) is 4.36. The van der Waals surface area contributed by atoms with Crippen molar-refractivity contribution in [3.05, 3.63) is 131 Å². The van der Waals surface area contributed by atoms with Crippen molar-refractivity contribution in [2.45, 2.75) is 25.7 Å². The van der Waals surface area contributed by atoms with Gasteiger partial charge >= 0.3 is 6.16 Å². The third-order valence-corrected chi connectivity index (χ3v) is 6.35. The average Bonchev–Trinajstić information content (AvgIpc) is 2.96. The quantitative estimate of drug-likeness (QED) is 0.145. The topological polar surface area (TPSA) is 54.0 Å². The van der Waals surface area contributed by atoms with E-state index in [0.29, 0.717) is 37.9 Å². The number of benzene rings is 4. The van der Waals surface area contributed by atoms with Gasteiger partial charge in [0.2, 0.25) is 0 Å². The summed E-state index contributed by atoms with van der Waals surface area (Å²) in [6, 6.07) is 35.4. The molecule has 4 aromatic rings. The highest BCUT2D eigenvalue weighted by Crippen LogP contribution is 2.28. The summed E-state index contributed by atoms with van der Waals surface area (Å²) in [5.74, 6) is 1.02. The Balaban J connectivity index is 1.38. The summed E-state index contributed by atoms with van der Waals surface area (Å²) in [5.41, 5.74) is 4.52. The third kappa shape index (κ3) is 7.54. The van der Waals surface area contributed by atoms with E-state index in [2.05, 4.69) is 24.3 Å². The third-order valence-electron chi connectivity index (χ3n) is 6.35. The van der Waals surface area contributed by atoms with Gasteiger partial charge in [-0.3, -0.25) is 0 Å². The van der Waals surface area contributed by atoms with Crippen LogP contribution in [0.4, 0.5) is 4.79 Å². The molecule has 0 aliphatic heterocycles. The highest BCUT2D eigenvalue weighted by atomic mass is 16.7. The monoisotopic (exact) mass is 510 g/mol. The highest BCUT2D eigenvalue weighted by molar-refractivity contribution is 5.67. The summed E-state index contributed by atoms with van der Waals surface area (Å²) in [6.07, 6.45) is -0.784. The zero-order valence-electron chi connectivity index (χ0n) is 21.9. The summed E-state index contributed by atoms with van der Waals surface area (Å²) < 4.78 is 22.3. The maximum Gasteiger partial charge on any atom is 0.519 e. The molecule has 4 aromatic carbocycles. The zero-order chi connectivity index (χ0) is 26.6. The molecule has 0 bridgehead atoms. The first-order chi connectivity index (χ1) is 18.7. The molecule has 0 aliphatic carbocycles. The summed E-state index contributed by atoms with van der Waals surface area (Å²) in [4.78, 5) is 12.5. The molecule has 196 valence electrons. The van der Waals surface area contributed by atoms with Gasteiger partial charge in [-0.05, 0) is 60.4 Å². The SMILES string of the molecule is CCOCC(c1ccccc1)c1ccc(OC(=O)Oc2ccc(C(COCC)c3ccccc3)cc2)cc1. The van der Waals surface area contributed by atoms with Crippen molar-refractivity contribution in [1.82, 2.24) is 0 Å². The minimum atomic E-state index is -0.784. The van der Waals surface area contributed by atoms with Crippen LogP contribution < -0.4 is 9.47 Å². The fourth-order valence-electron chi connectivity index (χ4n) is 4.36. The standard InChI is InChI=1S/C33H34O5/c1-3-35-23-31(25-11-7-5-8-12-25)27-15-19-29(20-16-27)37-33(34)38-30-21-17-28(18-22-30)32(24-36-4-2)26-13-9-6-10-14-26/h5-22,31-32H,3-4,23-24H2,1-2H3. The molecule has 0 saturated heterocycles. The number of hydrogen-bond donors (Lipinski definition) is 0. The summed E-state index contributed by atoms with van der Waals surface area (Å²) >= 11 is 0. The van der Waals surface area contributed by atoms with E-state index in [1.165, 1.54) is 11.1 Å². The van der Waals surface area contributed by atoms with Crippen molar-refractivity contribution in [3.8, 4) is 11.5 Å². The van der Waals surface area contributed by atoms with Crippen molar-refractivity contribution in [2.75, 3.05) is 26.4 Å². The van der Waals surface area contributed by atoms with E-state index >= 15 is 0 Å². The Labute approximate surface area is 225 Å². The molecule has 0 N–H and O–H groups in total. The van der Waals surface area contributed by atoms with Crippen LogP contribution in [0.25, 0.3) is 0 Å². The Morgan fingerprint density at radius 2 is 0.868 bits per heavy atom. The lowest BCUT2D eigenvalue weighted by molar-refractivity contribution is 0.140. The molecule has 5 heteroatoms. The van der Waals surface area contributed by atoms with Crippen molar-refractivity contribution in [2.24, 2.45) is 0 Å². The number of carbonyl (C=O) groups excluding carboxylic acids is 1. The van der Waals surface area contributed by atoms with Crippen molar-refractivity contribution in [3.63, 3.8) is 0 Å². The first-order valence-corrected chi connectivity index (χ1v) is 13.0. The molecule has 4 rings (SSSR count). The Kier molecular flexibility index (Phi) is 10.1. The number of hydrogen-bond acceptors (Lipinski definition) is 5. The van der Waals surface area contributed by atoms with Crippen LogP contribution in [0, 0.1) is 0 Å². The molecule has 5 nitrogen and oxygen atoms in total. The van der Waals surface area contributed by atoms with Gasteiger partial charge in [0, 0.05) is 25.0 Å². The van der Waals surface area contributed by atoms with E-state index in [1.807, 2.05) is 74.5 Å². The predicted molar refractivity (Wildman–Crippen MR) is 149 cm³/mol. The normalized spacial score (nSPS) is 12.5. The molecule has 38 heavy (non-hydrogen) atoms. The van der Waals surface area contributed by atoms with E-state index in [4.69, 9.17) is 18.9 Å². The zero-order valence-corrected chi connectivity index (χ0v) is 21.9. The second-order valence-electron chi connectivity index (χ2n) is 8.84. The van der Waals surface area contributed by atoms with Crippen LogP contribution in [0.15, 0.2) is 109 Å². The Hall–Kier alpha value is -3.93. The van der Waals surface area contributed by atoms with E-state index in [1.54, 1.807) is 24.3 Å². The minimum absolute atomic E-state index is 0.0955. The second-order valence-corrected chi connectivity index (χ2v) is 8.84. The van der Waals surface area contributed by atoms with Gasteiger partial charge in [0.15, 0.2) is 0 Å². The maximum atomic E-state index is 12.5. The van der Waals surface area contributed by atoms with Gasteiger partial charge in [0.05, 0.1) is 13.2 Å².